The fraction of sp³-hybridized carbons (Fsp3) is 0.538. The van der Waals surface area contributed by atoms with Crippen LogP contribution in [-0.2, 0) is 16.0 Å². The second-order valence-corrected chi connectivity index (χ2v) is 4.50. The summed E-state index contributed by atoms with van der Waals surface area (Å²) >= 11 is 0. The van der Waals surface area contributed by atoms with E-state index in [-0.39, 0.29) is 6.10 Å². The van der Waals surface area contributed by atoms with E-state index in [9.17, 15) is 0 Å². The first-order valence-corrected chi connectivity index (χ1v) is 5.91. The van der Waals surface area contributed by atoms with E-state index < -0.39 is 0 Å². The van der Waals surface area contributed by atoms with Crippen LogP contribution in [0.4, 0.5) is 0 Å². The molecule has 0 radical (unpaired) electrons. The van der Waals surface area contributed by atoms with E-state index in [0.29, 0.717) is 6.10 Å². The van der Waals surface area contributed by atoms with Gasteiger partial charge < -0.3 is 9.47 Å². The van der Waals surface area contributed by atoms with Crippen molar-refractivity contribution in [3.63, 3.8) is 0 Å². The molecule has 0 aromatic heterocycles. The second kappa shape index (κ2) is 4.53. The van der Waals surface area contributed by atoms with Gasteiger partial charge in [0.25, 0.3) is 0 Å². The van der Waals surface area contributed by atoms with Gasteiger partial charge >= 0.3 is 0 Å². The monoisotopic (exact) mass is 219 g/mol. The van der Waals surface area contributed by atoms with Gasteiger partial charge in [0.1, 0.15) is 6.10 Å². The lowest BCUT2D eigenvalue weighted by molar-refractivity contribution is -0.0432. The third-order valence-corrected chi connectivity index (χ3v) is 3.20. The van der Waals surface area contributed by atoms with Crippen molar-refractivity contribution >= 4 is 0 Å². The maximum absolute atomic E-state index is 5.70. The molecule has 0 saturated carbocycles. The van der Waals surface area contributed by atoms with E-state index in [1.165, 1.54) is 5.56 Å². The molecule has 3 nitrogen and oxygen atoms in total. The van der Waals surface area contributed by atoms with Crippen molar-refractivity contribution in [2.45, 2.75) is 18.8 Å². The predicted octanol–water partition coefficient (Wildman–Crippen LogP) is 1.29. The Hall–Kier alpha value is -0.900. The van der Waals surface area contributed by atoms with Crippen LogP contribution < -0.4 is 0 Å². The number of hydrogen-bond donors (Lipinski definition) is 0. The molecule has 0 spiro atoms. The van der Waals surface area contributed by atoms with E-state index in [1.807, 2.05) is 0 Å². The first-order chi connectivity index (χ1) is 7.92. The van der Waals surface area contributed by atoms with E-state index in [4.69, 9.17) is 9.47 Å². The molecule has 2 heterocycles. The molecule has 0 amide bonds. The summed E-state index contributed by atoms with van der Waals surface area (Å²) in [5.41, 5.74) is 1.37. The highest BCUT2D eigenvalue weighted by Crippen LogP contribution is 2.21. The molecule has 0 N–H and O–H groups in total. The highest BCUT2D eigenvalue weighted by Gasteiger charge is 2.36. The zero-order chi connectivity index (χ0) is 10.8. The summed E-state index contributed by atoms with van der Waals surface area (Å²) in [4.78, 5) is 2.45. The van der Waals surface area contributed by atoms with Gasteiger partial charge in [0.05, 0.1) is 19.3 Å². The predicted molar refractivity (Wildman–Crippen MR) is 61.2 cm³/mol. The molecule has 1 unspecified atom stereocenters. The smallest absolute Gasteiger partial charge is 0.108 e. The molecular weight excluding hydrogens is 202 g/mol. The number of epoxide rings is 1. The van der Waals surface area contributed by atoms with Crippen molar-refractivity contribution in [1.29, 1.82) is 0 Å². The Labute approximate surface area is 96.0 Å². The molecule has 2 saturated heterocycles. The van der Waals surface area contributed by atoms with E-state index in [1.54, 1.807) is 0 Å². The average molecular weight is 219 g/mol. The largest absolute Gasteiger partial charge is 0.373 e. The summed E-state index contributed by atoms with van der Waals surface area (Å²) in [7, 11) is 0. The Bertz CT molecular complexity index is 337. The van der Waals surface area contributed by atoms with Crippen LogP contribution in [0, 0.1) is 0 Å². The van der Waals surface area contributed by atoms with Crippen molar-refractivity contribution in [3.8, 4) is 0 Å². The molecule has 2 fully saturated rings. The molecule has 16 heavy (non-hydrogen) atoms. The summed E-state index contributed by atoms with van der Waals surface area (Å²) in [5, 5.41) is 0. The van der Waals surface area contributed by atoms with Gasteiger partial charge in [-0.15, -0.1) is 0 Å². The van der Waals surface area contributed by atoms with Crippen LogP contribution in [0.1, 0.15) is 5.56 Å². The van der Waals surface area contributed by atoms with Gasteiger partial charge in [-0.1, -0.05) is 30.3 Å². The zero-order valence-electron chi connectivity index (χ0n) is 9.34. The Morgan fingerprint density at radius 1 is 1.12 bits per heavy atom. The molecular formula is C13H17NO2. The van der Waals surface area contributed by atoms with Gasteiger partial charge in [-0.05, 0) is 5.56 Å². The first kappa shape index (κ1) is 10.3. The van der Waals surface area contributed by atoms with Gasteiger partial charge in [0.2, 0.25) is 0 Å². The van der Waals surface area contributed by atoms with Crippen LogP contribution in [-0.4, -0.2) is 43.4 Å². The quantitative estimate of drug-likeness (QED) is 0.716. The molecule has 2 aliphatic rings. The van der Waals surface area contributed by atoms with Crippen LogP contribution in [0.3, 0.4) is 0 Å². The highest BCUT2D eigenvalue weighted by atomic mass is 16.6. The van der Waals surface area contributed by atoms with Gasteiger partial charge in [-0.3, -0.25) is 4.90 Å². The normalized spacial score (nSPS) is 30.2. The number of ether oxygens (including phenoxy) is 2. The third kappa shape index (κ3) is 2.43. The average Bonchev–Trinajstić information content (AvgIpc) is 3.15. The fourth-order valence-electron chi connectivity index (χ4n) is 2.21. The molecule has 0 bridgehead atoms. The summed E-state index contributed by atoms with van der Waals surface area (Å²) in [5.74, 6) is 0. The second-order valence-electron chi connectivity index (χ2n) is 4.50. The maximum atomic E-state index is 5.70. The number of morpholine rings is 1. The fourth-order valence-corrected chi connectivity index (χ4v) is 2.21. The minimum Gasteiger partial charge on any atom is -0.373 e. The molecule has 3 heteroatoms. The van der Waals surface area contributed by atoms with E-state index >= 15 is 0 Å². The van der Waals surface area contributed by atoms with Crippen LogP contribution in [0.5, 0.6) is 0 Å². The number of benzene rings is 1. The number of rotatable bonds is 3. The van der Waals surface area contributed by atoms with E-state index in [0.717, 1.165) is 32.8 Å². The Kier molecular flexibility index (Phi) is 2.91. The first-order valence-electron chi connectivity index (χ1n) is 5.91. The lowest BCUT2D eigenvalue weighted by Crippen LogP contribution is -2.44. The van der Waals surface area contributed by atoms with Crippen LogP contribution in [0.15, 0.2) is 30.3 Å². The Morgan fingerprint density at radius 2 is 1.94 bits per heavy atom. The number of nitrogens with zero attached hydrogens (tertiary/aromatic N) is 1. The summed E-state index contributed by atoms with van der Waals surface area (Å²) in [6.07, 6.45) is 0.649. The summed E-state index contributed by atoms with van der Waals surface area (Å²) in [6.45, 7) is 4.76. The zero-order valence-corrected chi connectivity index (χ0v) is 9.34. The van der Waals surface area contributed by atoms with E-state index in [2.05, 4.69) is 35.2 Å². The lowest BCUT2D eigenvalue weighted by Gasteiger charge is -2.32. The Balaban J connectivity index is 1.58. The van der Waals surface area contributed by atoms with Gasteiger partial charge in [0.15, 0.2) is 0 Å². The summed E-state index contributed by atoms with van der Waals surface area (Å²) < 4.78 is 11.0. The van der Waals surface area contributed by atoms with Gasteiger partial charge in [0, 0.05) is 19.6 Å². The molecule has 0 aliphatic carbocycles. The van der Waals surface area contributed by atoms with Crippen molar-refractivity contribution in [2.75, 3.05) is 26.3 Å². The molecule has 2 atom stereocenters. The SMILES string of the molecule is c1ccc(CN2CCOC([C@@H]3CO3)C2)cc1. The minimum atomic E-state index is 0.289. The standard InChI is InChI=1S/C13H17NO2/c1-2-4-11(5-3-1)8-14-6-7-15-12(9-14)13-10-16-13/h1-5,12-13H,6-10H2/t12?,13-/m0/s1. The summed E-state index contributed by atoms with van der Waals surface area (Å²) in [6, 6.07) is 10.6. The highest BCUT2D eigenvalue weighted by molar-refractivity contribution is 5.14. The van der Waals surface area contributed by atoms with Gasteiger partial charge in [-0.25, -0.2) is 0 Å². The molecule has 2 aliphatic heterocycles. The van der Waals surface area contributed by atoms with Crippen LogP contribution >= 0.6 is 0 Å². The maximum Gasteiger partial charge on any atom is 0.108 e. The lowest BCUT2D eigenvalue weighted by atomic mass is 10.1. The molecule has 86 valence electrons. The van der Waals surface area contributed by atoms with Crippen molar-refractivity contribution in [1.82, 2.24) is 4.90 Å². The number of hydrogen-bond acceptors (Lipinski definition) is 3. The van der Waals surface area contributed by atoms with Crippen molar-refractivity contribution in [2.24, 2.45) is 0 Å². The van der Waals surface area contributed by atoms with Gasteiger partial charge in [-0.2, -0.15) is 0 Å². The topological polar surface area (TPSA) is 25.0 Å². The molecule has 1 aromatic rings. The van der Waals surface area contributed by atoms with Crippen LogP contribution in [0.2, 0.25) is 0 Å². The third-order valence-electron chi connectivity index (χ3n) is 3.20. The Morgan fingerprint density at radius 3 is 2.69 bits per heavy atom. The minimum absolute atomic E-state index is 0.289. The molecule has 1 aromatic carbocycles. The molecule has 3 rings (SSSR count). The van der Waals surface area contributed by atoms with Crippen molar-refractivity contribution < 1.29 is 9.47 Å². The van der Waals surface area contributed by atoms with Crippen LogP contribution in [0.25, 0.3) is 0 Å². The van der Waals surface area contributed by atoms with Crippen molar-refractivity contribution in [3.05, 3.63) is 35.9 Å².